The van der Waals surface area contributed by atoms with Crippen molar-refractivity contribution in [2.24, 2.45) is 0 Å². The number of benzene rings is 2. The number of carbonyl (C=O) groups is 3. The Morgan fingerprint density at radius 1 is 0.964 bits per heavy atom. The van der Waals surface area contributed by atoms with Gasteiger partial charge >= 0.3 is 12.0 Å². The zero-order chi connectivity index (χ0) is 19.9. The number of amides is 3. The molecule has 1 saturated carbocycles. The molecule has 0 heterocycles. The molecule has 1 aliphatic carbocycles. The van der Waals surface area contributed by atoms with Crippen LogP contribution in [0, 0.1) is 0 Å². The fourth-order valence-electron chi connectivity index (χ4n) is 2.57. The van der Waals surface area contributed by atoms with Crippen LogP contribution >= 0.6 is 0 Å². The Morgan fingerprint density at radius 2 is 1.57 bits per heavy atom. The van der Waals surface area contributed by atoms with Crippen LogP contribution in [0.2, 0.25) is 0 Å². The third-order valence-electron chi connectivity index (χ3n) is 4.23. The first-order valence-electron chi connectivity index (χ1n) is 9.21. The number of ether oxygens (including phenoxy) is 1. The van der Waals surface area contributed by atoms with Gasteiger partial charge in [-0.15, -0.1) is 0 Å². The molecule has 1 fully saturated rings. The average Bonchev–Trinajstić information content (AvgIpc) is 3.51. The van der Waals surface area contributed by atoms with Crippen LogP contribution < -0.4 is 16.0 Å². The lowest BCUT2D eigenvalue weighted by atomic mass is 10.1. The Bertz CT molecular complexity index is 822. The lowest BCUT2D eigenvalue weighted by molar-refractivity contribution is -0.157. The third-order valence-corrected chi connectivity index (χ3v) is 4.23. The van der Waals surface area contributed by atoms with E-state index in [4.69, 9.17) is 4.74 Å². The number of urea groups is 1. The van der Waals surface area contributed by atoms with Crippen LogP contribution in [0.1, 0.15) is 31.4 Å². The lowest BCUT2D eigenvalue weighted by Gasteiger charge is -2.21. The number of esters is 1. The van der Waals surface area contributed by atoms with E-state index in [0.717, 1.165) is 12.8 Å². The van der Waals surface area contributed by atoms with Crippen LogP contribution in [0.3, 0.4) is 0 Å². The van der Waals surface area contributed by atoms with Crippen molar-refractivity contribution in [2.75, 3.05) is 5.32 Å². The van der Waals surface area contributed by atoms with Gasteiger partial charge in [0.05, 0.1) is 0 Å². The van der Waals surface area contributed by atoms with Crippen LogP contribution in [-0.4, -0.2) is 30.0 Å². The molecular weight excluding hydrogens is 358 g/mol. The van der Waals surface area contributed by atoms with Crippen LogP contribution in [0.4, 0.5) is 10.5 Å². The molecule has 3 amide bonds. The van der Waals surface area contributed by atoms with Crippen molar-refractivity contribution in [3.05, 3.63) is 66.2 Å². The highest BCUT2D eigenvalue weighted by molar-refractivity contribution is 5.93. The zero-order valence-electron chi connectivity index (χ0n) is 15.6. The first-order chi connectivity index (χ1) is 13.5. The number of anilines is 1. The summed E-state index contributed by atoms with van der Waals surface area (Å²) in [6.07, 6.45) is 0.799. The van der Waals surface area contributed by atoms with Crippen molar-refractivity contribution in [1.29, 1.82) is 0 Å². The minimum Gasteiger partial charge on any atom is -0.446 e. The van der Waals surface area contributed by atoms with Gasteiger partial charge in [-0.2, -0.15) is 0 Å². The van der Waals surface area contributed by atoms with Crippen molar-refractivity contribution in [3.8, 4) is 0 Å². The average molecular weight is 381 g/mol. The SMILES string of the molecule is C[C@H](NC(=O)Nc1ccccc1)C(=O)O[C@@H](C(=O)NC1CC1)c1ccccc1. The molecule has 28 heavy (non-hydrogen) atoms. The molecule has 1 aliphatic rings. The molecule has 0 aliphatic heterocycles. The molecule has 0 unspecified atom stereocenters. The van der Waals surface area contributed by atoms with E-state index in [1.807, 2.05) is 12.1 Å². The third kappa shape index (κ3) is 5.57. The summed E-state index contributed by atoms with van der Waals surface area (Å²) in [5.41, 5.74) is 1.18. The number of rotatable bonds is 7. The van der Waals surface area contributed by atoms with Crippen LogP contribution in [0.15, 0.2) is 60.7 Å². The fraction of sp³-hybridized carbons (Fsp3) is 0.286. The van der Waals surface area contributed by atoms with E-state index in [-0.39, 0.29) is 11.9 Å². The molecular formula is C21H23N3O4. The summed E-state index contributed by atoms with van der Waals surface area (Å²) in [5, 5.41) is 8.01. The minimum absolute atomic E-state index is 0.143. The van der Waals surface area contributed by atoms with Gasteiger partial charge in [0, 0.05) is 17.3 Å². The highest BCUT2D eigenvalue weighted by Crippen LogP contribution is 2.23. The quantitative estimate of drug-likeness (QED) is 0.643. The van der Waals surface area contributed by atoms with Crippen molar-refractivity contribution in [1.82, 2.24) is 10.6 Å². The van der Waals surface area contributed by atoms with Gasteiger partial charge in [-0.05, 0) is 31.9 Å². The number of hydrogen-bond acceptors (Lipinski definition) is 4. The summed E-state index contributed by atoms with van der Waals surface area (Å²) >= 11 is 0. The Kier molecular flexibility index (Phi) is 6.26. The van der Waals surface area contributed by atoms with Crippen LogP contribution in [-0.2, 0) is 14.3 Å². The maximum absolute atomic E-state index is 12.5. The molecule has 2 atom stereocenters. The Hall–Kier alpha value is -3.35. The molecule has 2 aromatic carbocycles. The second-order valence-electron chi connectivity index (χ2n) is 6.70. The number of para-hydroxylation sites is 1. The second kappa shape index (κ2) is 9.03. The Morgan fingerprint density at radius 3 is 2.18 bits per heavy atom. The summed E-state index contributed by atoms with van der Waals surface area (Å²) in [7, 11) is 0. The van der Waals surface area contributed by atoms with Crippen LogP contribution in [0.5, 0.6) is 0 Å². The van der Waals surface area contributed by atoms with Crippen molar-refractivity contribution in [2.45, 2.75) is 38.0 Å². The molecule has 0 spiro atoms. The molecule has 0 saturated heterocycles. The predicted octanol–water partition coefficient (Wildman–Crippen LogP) is 2.76. The Balaban J connectivity index is 1.60. The summed E-state index contributed by atoms with van der Waals surface area (Å²) < 4.78 is 5.45. The van der Waals surface area contributed by atoms with E-state index in [2.05, 4.69) is 16.0 Å². The van der Waals surface area contributed by atoms with E-state index < -0.39 is 24.1 Å². The molecule has 3 rings (SSSR count). The van der Waals surface area contributed by atoms with E-state index in [9.17, 15) is 14.4 Å². The van der Waals surface area contributed by atoms with Crippen molar-refractivity contribution in [3.63, 3.8) is 0 Å². The number of hydrogen-bond donors (Lipinski definition) is 3. The normalized spacial score (nSPS) is 15.0. The summed E-state index contributed by atoms with van der Waals surface area (Å²) in [6.45, 7) is 1.51. The molecule has 7 heteroatoms. The summed E-state index contributed by atoms with van der Waals surface area (Å²) in [5.74, 6) is -1.05. The molecule has 3 N–H and O–H groups in total. The van der Waals surface area contributed by atoms with Gasteiger partial charge < -0.3 is 20.7 Å². The van der Waals surface area contributed by atoms with E-state index in [1.165, 1.54) is 6.92 Å². The topological polar surface area (TPSA) is 96.5 Å². The largest absolute Gasteiger partial charge is 0.446 e. The number of carbonyl (C=O) groups excluding carboxylic acids is 3. The highest BCUT2D eigenvalue weighted by atomic mass is 16.5. The van der Waals surface area contributed by atoms with E-state index in [0.29, 0.717) is 11.3 Å². The summed E-state index contributed by atoms with van der Waals surface area (Å²) in [4.78, 5) is 37.1. The lowest BCUT2D eigenvalue weighted by Crippen LogP contribution is -2.43. The zero-order valence-corrected chi connectivity index (χ0v) is 15.6. The maximum Gasteiger partial charge on any atom is 0.329 e. The Labute approximate surface area is 163 Å². The molecule has 2 aromatic rings. The molecule has 0 radical (unpaired) electrons. The van der Waals surface area contributed by atoms with Crippen molar-refractivity contribution >= 4 is 23.6 Å². The monoisotopic (exact) mass is 381 g/mol. The standard InChI is InChI=1S/C21H23N3O4/c1-14(22-21(27)24-16-10-6-3-7-11-16)20(26)28-18(15-8-4-2-5-9-15)19(25)23-17-12-13-17/h2-11,14,17-18H,12-13H2,1H3,(H,23,25)(H2,22,24,27)/t14-,18+/m0/s1. The van der Waals surface area contributed by atoms with Crippen molar-refractivity contribution < 1.29 is 19.1 Å². The summed E-state index contributed by atoms with van der Waals surface area (Å²) in [6, 6.07) is 16.4. The van der Waals surface area contributed by atoms with Gasteiger partial charge in [-0.3, -0.25) is 4.79 Å². The van der Waals surface area contributed by atoms with Gasteiger partial charge in [-0.1, -0.05) is 48.5 Å². The van der Waals surface area contributed by atoms with Gasteiger partial charge in [-0.25, -0.2) is 9.59 Å². The van der Waals surface area contributed by atoms with Gasteiger partial charge in [0.15, 0.2) is 0 Å². The highest BCUT2D eigenvalue weighted by Gasteiger charge is 2.32. The fourth-order valence-corrected chi connectivity index (χ4v) is 2.57. The smallest absolute Gasteiger partial charge is 0.329 e. The molecule has 7 nitrogen and oxygen atoms in total. The van der Waals surface area contributed by atoms with E-state index in [1.54, 1.807) is 48.5 Å². The maximum atomic E-state index is 12.5. The molecule has 0 bridgehead atoms. The van der Waals surface area contributed by atoms with E-state index >= 15 is 0 Å². The van der Waals surface area contributed by atoms with Crippen LogP contribution in [0.25, 0.3) is 0 Å². The first kappa shape index (κ1) is 19.4. The van der Waals surface area contributed by atoms with Gasteiger partial charge in [0.1, 0.15) is 6.04 Å². The minimum atomic E-state index is -1.06. The van der Waals surface area contributed by atoms with Gasteiger partial charge in [0.25, 0.3) is 5.91 Å². The molecule has 0 aromatic heterocycles. The first-order valence-corrected chi connectivity index (χ1v) is 9.21. The predicted molar refractivity (Wildman–Crippen MR) is 104 cm³/mol. The molecule has 146 valence electrons. The van der Waals surface area contributed by atoms with Gasteiger partial charge in [0.2, 0.25) is 6.10 Å². The second-order valence-corrected chi connectivity index (χ2v) is 6.70. The number of nitrogens with one attached hydrogen (secondary N) is 3.